The average Bonchev–Trinajstić information content (AvgIpc) is 2.49. The standard InChI is InChI=1S/C16H15NO5/c1-11-5-3-8-15(12(11)2)21-10-16(18)22-14-7-4-6-13(9-14)17(19)20/h3-9H,10H2,1-2H3. The molecule has 0 aliphatic rings. The van der Waals surface area contributed by atoms with Crippen molar-refractivity contribution in [1.82, 2.24) is 0 Å². The molecule has 0 amide bonds. The molecule has 0 aliphatic carbocycles. The first-order valence-corrected chi connectivity index (χ1v) is 6.61. The fourth-order valence-corrected chi connectivity index (χ4v) is 1.84. The van der Waals surface area contributed by atoms with E-state index in [0.717, 1.165) is 11.1 Å². The first kappa shape index (κ1) is 15.5. The number of rotatable bonds is 5. The minimum atomic E-state index is -0.624. The fraction of sp³-hybridized carbons (Fsp3) is 0.188. The molecular formula is C16H15NO5. The third-order valence-corrected chi connectivity index (χ3v) is 3.16. The van der Waals surface area contributed by atoms with Crippen LogP contribution in [0.5, 0.6) is 11.5 Å². The number of nitrogens with zero attached hydrogens (tertiary/aromatic N) is 1. The van der Waals surface area contributed by atoms with Crippen LogP contribution in [-0.2, 0) is 4.79 Å². The number of non-ortho nitro benzene ring substituents is 1. The van der Waals surface area contributed by atoms with Gasteiger partial charge < -0.3 is 9.47 Å². The maximum Gasteiger partial charge on any atom is 0.349 e. The van der Waals surface area contributed by atoms with Gasteiger partial charge in [0.05, 0.1) is 11.0 Å². The Morgan fingerprint density at radius 3 is 2.64 bits per heavy atom. The van der Waals surface area contributed by atoms with E-state index in [2.05, 4.69) is 0 Å². The lowest BCUT2D eigenvalue weighted by Gasteiger charge is -2.10. The lowest BCUT2D eigenvalue weighted by Crippen LogP contribution is -2.18. The number of aryl methyl sites for hydroxylation is 1. The summed E-state index contributed by atoms with van der Waals surface area (Å²) < 4.78 is 10.4. The Hall–Kier alpha value is -2.89. The van der Waals surface area contributed by atoms with E-state index in [-0.39, 0.29) is 18.0 Å². The monoisotopic (exact) mass is 301 g/mol. The van der Waals surface area contributed by atoms with Gasteiger partial charge in [0.1, 0.15) is 11.5 Å². The Kier molecular flexibility index (Phi) is 4.73. The van der Waals surface area contributed by atoms with Crippen LogP contribution in [0, 0.1) is 24.0 Å². The van der Waals surface area contributed by atoms with E-state index in [9.17, 15) is 14.9 Å². The van der Waals surface area contributed by atoms with E-state index < -0.39 is 10.9 Å². The summed E-state index contributed by atoms with van der Waals surface area (Å²) in [4.78, 5) is 21.9. The minimum absolute atomic E-state index is 0.115. The van der Waals surface area contributed by atoms with Crippen LogP contribution in [0.15, 0.2) is 42.5 Å². The molecule has 0 saturated heterocycles. The summed E-state index contributed by atoms with van der Waals surface area (Å²) in [7, 11) is 0. The van der Waals surface area contributed by atoms with Crippen molar-refractivity contribution in [3.05, 3.63) is 63.7 Å². The largest absolute Gasteiger partial charge is 0.482 e. The van der Waals surface area contributed by atoms with Crippen molar-refractivity contribution in [3.8, 4) is 11.5 Å². The lowest BCUT2D eigenvalue weighted by atomic mass is 10.1. The molecule has 22 heavy (non-hydrogen) atoms. The Labute approximate surface area is 127 Å². The molecule has 0 aromatic heterocycles. The van der Waals surface area contributed by atoms with E-state index in [4.69, 9.17) is 9.47 Å². The highest BCUT2D eigenvalue weighted by molar-refractivity contribution is 5.74. The number of nitro groups is 1. The molecule has 0 N–H and O–H groups in total. The third kappa shape index (κ3) is 3.82. The number of benzene rings is 2. The molecule has 0 fully saturated rings. The van der Waals surface area contributed by atoms with Gasteiger partial charge in [-0.05, 0) is 37.1 Å². The van der Waals surface area contributed by atoms with Gasteiger partial charge in [-0.2, -0.15) is 0 Å². The van der Waals surface area contributed by atoms with E-state index in [1.54, 1.807) is 6.07 Å². The predicted molar refractivity (Wildman–Crippen MR) is 80.1 cm³/mol. The maximum atomic E-state index is 11.7. The molecule has 6 heteroatoms. The van der Waals surface area contributed by atoms with Gasteiger partial charge >= 0.3 is 5.97 Å². The summed E-state index contributed by atoms with van der Waals surface area (Å²) in [5.41, 5.74) is 1.87. The molecule has 2 aromatic rings. The molecule has 0 radical (unpaired) electrons. The third-order valence-electron chi connectivity index (χ3n) is 3.16. The van der Waals surface area contributed by atoms with Gasteiger partial charge in [0.25, 0.3) is 5.69 Å². The van der Waals surface area contributed by atoms with Crippen molar-refractivity contribution in [2.45, 2.75) is 13.8 Å². The Bertz CT molecular complexity index is 711. The lowest BCUT2D eigenvalue weighted by molar-refractivity contribution is -0.384. The van der Waals surface area contributed by atoms with Crippen molar-refractivity contribution in [2.75, 3.05) is 6.61 Å². The number of carbonyl (C=O) groups is 1. The van der Waals surface area contributed by atoms with Gasteiger partial charge in [-0.25, -0.2) is 4.79 Å². The van der Waals surface area contributed by atoms with Crippen LogP contribution >= 0.6 is 0 Å². The summed E-state index contributed by atoms with van der Waals surface area (Å²) in [6.07, 6.45) is 0. The fourth-order valence-electron chi connectivity index (χ4n) is 1.84. The second-order valence-corrected chi connectivity index (χ2v) is 4.72. The number of carbonyl (C=O) groups excluding carboxylic acids is 1. The van der Waals surface area contributed by atoms with Crippen LogP contribution in [-0.4, -0.2) is 17.5 Å². The Balaban J connectivity index is 1.97. The van der Waals surface area contributed by atoms with E-state index in [1.807, 2.05) is 26.0 Å². The van der Waals surface area contributed by atoms with Crippen molar-refractivity contribution in [3.63, 3.8) is 0 Å². The van der Waals surface area contributed by atoms with Crippen molar-refractivity contribution in [1.29, 1.82) is 0 Å². The van der Waals surface area contributed by atoms with Gasteiger partial charge in [0, 0.05) is 6.07 Å². The summed E-state index contributed by atoms with van der Waals surface area (Å²) in [5.74, 6) is 0.0983. The molecule has 0 aliphatic heterocycles. The second kappa shape index (κ2) is 6.71. The number of nitro benzene ring substituents is 1. The van der Waals surface area contributed by atoms with Crippen LogP contribution in [0.4, 0.5) is 5.69 Å². The summed E-state index contributed by atoms with van der Waals surface area (Å²) in [6.45, 7) is 3.58. The first-order chi connectivity index (χ1) is 10.5. The molecule has 2 rings (SSSR count). The number of esters is 1. The Morgan fingerprint density at radius 2 is 1.91 bits per heavy atom. The molecular weight excluding hydrogens is 286 g/mol. The highest BCUT2D eigenvalue weighted by Gasteiger charge is 2.11. The zero-order valence-corrected chi connectivity index (χ0v) is 12.2. The molecule has 2 aromatic carbocycles. The highest BCUT2D eigenvalue weighted by atomic mass is 16.6. The molecule has 0 atom stereocenters. The van der Waals surface area contributed by atoms with Crippen molar-refractivity contribution in [2.24, 2.45) is 0 Å². The molecule has 0 unspecified atom stereocenters. The Morgan fingerprint density at radius 1 is 1.18 bits per heavy atom. The molecule has 114 valence electrons. The first-order valence-electron chi connectivity index (χ1n) is 6.61. The quantitative estimate of drug-likeness (QED) is 0.367. The molecule has 0 heterocycles. The normalized spacial score (nSPS) is 10.1. The topological polar surface area (TPSA) is 78.7 Å². The van der Waals surface area contributed by atoms with E-state index in [0.29, 0.717) is 5.75 Å². The number of hydrogen-bond acceptors (Lipinski definition) is 5. The van der Waals surface area contributed by atoms with E-state index in [1.165, 1.54) is 24.3 Å². The molecule has 6 nitrogen and oxygen atoms in total. The zero-order chi connectivity index (χ0) is 16.1. The van der Waals surface area contributed by atoms with E-state index >= 15 is 0 Å². The van der Waals surface area contributed by atoms with Crippen LogP contribution in [0.1, 0.15) is 11.1 Å². The van der Waals surface area contributed by atoms with Crippen LogP contribution in [0.2, 0.25) is 0 Å². The number of hydrogen-bond donors (Lipinski definition) is 0. The number of ether oxygens (including phenoxy) is 2. The predicted octanol–water partition coefficient (Wildman–Crippen LogP) is 3.20. The molecule has 0 spiro atoms. The van der Waals surface area contributed by atoms with Crippen LogP contribution < -0.4 is 9.47 Å². The molecule has 0 saturated carbocycles. The smallest absolute Gasteiger partial charge is 0.349 e. The highest BCUT2D eigenvalue weighted by Crippen LogP contribution is 2.21. The molecule has 0 bridgehead atoms. The maximum absolute atomic E-state index is 11.7. The second-order valence-electron chi connectivity index (χ2n) is 4.72. The van der Waals surface area contributed by atoms with Crippen molar-refractivity contribution >= 4 is 11.7 Å². The summed E-state index contributed by atoms with van der Waals surface area (Å²) in [5, 5.41) is 10.7. The minimum Gasteiger partial charge on any atom is -0.482 e. The van der Waals surface area contributed by atoms with Crippen LogP contribution in [0.3, 0.4) is 0 Å². The van der Waals surface area contributed by atoms with Gasteiger partial charge in [0.15, 0.2) is 6.61 Å². The van der Waals surface area contributed by atoms with Gasteiger partial charge in [0.2, 0.25) is 0 Å². The van der Waals surface area contributed by atoms with Gasteiger partial charge in [-0.1, -0.05) is 18.2 Å². The van der Waals surface area contributed by atoms with Gasteiger partial charge in [-0.3, -0.25) is 10.1 Å². The summed E-state index contributed by atoms with van der Waals surface area (Å²) >= 11 is 0. The van der Waals surface area contributed by atoms with Crippen LogP contribution in [0.25, 0.3) is 0 Å². The van der Waals surface area contributed by atoms with Gasteiger partial charge in [-0.15, -0.1) is 0 Å². The average molecular weight is 301 g/mol. The summed E-state index contributed by atoms with van der Waals surface area (Å²) in [6, 6.07) is 11.0. The zero-order valence-electron chi connectivity index (χ0n) is 12.2. The van der Waals surface area contributed by atoms with Crippen molar-refractivity contribution < 1.29 is 19.2 Å². The SMILES string of the molecule is Cc1cccc(OCC(=O)Oc2cccc([N+](=O)[O-])c2)c1C.